The van der Waals surface area contributed by atoms with Crippen molar-refractivity contribution in [3.8, 4) is 5.75 Å². The van der Waals surface area contributed by atoms with E-state index in [4.69, 9.17) is 9.15 Å². The average Bonchev–Trinajstić information content (AvgIpc) is 3.16. The number of nitrogens with one attached hydrogen (secondary N) is 1. The molecule has 0 saturated carbocycles. The zero-order valence-electron chi connectivity index (χ0n) is 16.8. The Kier molecular flexibility index (Phi) is 5.95. The monoisotopic (exact) mass is 397 g/mol. The molecule has 4 rings (SSSR count). The molecule has 0 aliphatic rings. The number of ketones is 1. The summed E-state index contributed by atoms with van der Waals surface area (Å²) in [4.78, 5) is 13.2. The maximum Gasteiger partial charge on any atom is 0.230 e. The summed E-state index contributed by atoms with van der Waals surface area (Å²) >= 11 is 0. The van der Waals surface area contributed by atoms with Gasteiger partial charge in [-0.25, -0.2) is 0 Å². The highest BCUT2D eigenvalue weighted by Gasteiger charge is 2.21. The fraction of sp³-hybridized carbons (Fsp3) is 0.115. The molecule has 0 saturated heterocycles. The number of anilines is 1. The number of carbonyl (C=O) groups is 1. The highest BCUT2D eigenvalue weighted by Crippen LogP contribution is 2.32. The van der Waals surface area contributed by atoms with Gasteiger partial charge in [0, 0.05) is 17.5 Å². The summed E-state index contributed by atoms with van der Waals surface area (Å²) in [6, 6.07) is 24.9. The van der Waals surface area contributed by atoms with Gasteiger partial charge in [-0.2, -0.15) is 0 Å². The van der Waals surface area contributed by atoms with E-state index in [1.54, 1.807) is 24.3 Å². The first-order chi connectivity index (χ1) is 14.8. The van der Waals surface area contributed by atoms with Gasteiger partial charge in [-0.05, 0) is 48.9 Å². The number of furan rings is 1. The number of rotatable bonds is 8. The van der Waals surface area contributed by atoms with Crippen molar-refractivity contribution in [2.75, 3.05) is 18.5 Å². The first-order valence-electron chi connectivity index (χ1n) is 10.0. The van der Waals surface area contributed by atoms with Gasteiger partial charge in [-0.1, -0.05) is 54.6 Å². The van der Waals surface area contributed by atoms with Gasteiger partial charge < -0.3 is 14.5 Å². The summed E-state index contributed by atoms with van der Waals surface area (Å²) in [5.41, 5.74) is 3.07. The summed E-state index contributed by atoms with van der Waals surface area (Å²) < 4.78 is 11.4. The molecule has 1 aromatic heterocycles. The lowest BCUT2D eigenvalue weighted by Crippen LogP contribution is -2.06. The molecule has 0 aliphatic heterocycles. The van der Waals surface area contributed by atoms with Crippen LogP contribution in [0.2, 0.25) is 0 Å². The number of carbonyl (C=O) groups excluding carboxylic acids is 1. The molecule has 0 bridgehead atoms. The Hall–Kier alpha value is -3.79. The van der Waals surface area contributed by atoms with Crippen molar-refractivity contribution in [2.24, 2.45) is 0 Å². The topological polar surface area (TPSA) is 51.5 Å². The summed E-state index contributed by atoms with van der Waals surface area (Å²) in [6.45, 7) is 3.08. The highest BCUT2D eigenvalue weighted by atomic mass is 16.5. The van der Waals surface area contributed by atoms with Crippen molar-refractivity contribution in [2.45, 2.75) is 6.92 Å². The van der Waals surface area contributed by atoms with Gasteiger partial charge in [-0.3, -0.25) is 4.79 Å². The first kappa shape index (κ1) is 19.5. The Morgan fingerprint density at radius 1 is 0.967 bits per heavy atom. The van der Waals surface area contributed by atoms with Crippen LogP contribution in [0.5, 0.6) is 5.75 Å². The van der Waals surface area contributed by atoms with Crippen molar-refractivity contribution in [1.82, 2.24) is 0 Å². The van der Waals surface area contributed by atoms with E-state index in [1.165, 1.54) is 0 Å². The minimum absolute atomic E-state index is 0.163. The smallest absolute Gasteiger partial charge is 0.230 e. The van der Waals surface area contributed by atoms with Gasteiger partial charge in [0.1, 0.15) is 11.3 Å². The zero-order valence-corrected chi connectivity index (χ0v) is 16.8. The fourth-order valence-corrected chi connectivity index (χ4v) is 3.30. The lowest BCUT2D eigenvalue weighted by molar-refractivity contribution is 0.101. The molecule has 0 fully saturated rings. The van der Waals surface area contributed by atoms with E-state index in [9.17, 15) is 4.79 Å². The van der Waals surface area contributed by atoms with Crippen LogP contribution in [0.4, 0.5) is 5.69 Å². The largest absolute Gasteiger partial charge is 0.494 e. The molecule has 1 heterocycles. The molecule has 30 heavy (non-hydrogen) atoms. The lowest BCUT2D eigenvalue weighted by atomic mass is 10.1. The SMILES string of the molecule is CCOc1ccc(C(=O)c2oc3ccccc3c2NC/C=C/c2ccccc2)cc1. The number of fused-ring (bicyclic) bond motifs is 1. The maximum atomic E-state index is 13.2. The number of para-hydroxylation sites is 1. The molecule has 3 aromatic carbocycles. The van der Waals surface area contributed by atoms with Crippen LogP contribution in [0.1, 0.15) is 28.6 Å². The van der Waals surface area contributed by atoms with Crippen LogP contribution in [0, 0.1) is 0 Å². The normalized spacial score (nSPS) is 11.1. The van der Waals surface area contributed by atoms with E-state index in [0.717, 1.165) is 16.7 Å². The Bertz CT molecular complexity index is 1160. The molecule has 0 radical (unpaired) electrons. The van der Waals surface area contributed by atoms with Crippen LogP contribution in [-0.2, 0) is 0 Å². The molecular weight excluding hydrogens is 374 g/mol. The molecule has 0 unspecified atom stereocenters. The molecule has 0 amide bonds. The Morgan fingerprint density at radius 3 is 2.47 bits per heavy atom. The molecule has 4 nitrogen and oxygen atoms in total. The molecule has 4 aromatic rings. The van der Waals surface area contributed by atoms with Gasteiger partial charge in [0.25, 0.3) is 0 Å². The van der Waals surface area contributed by atoms with Crippen molar-refractivity contribution in [3.63, 3.8) is 0 Å². The second-order valence-corrected chi connectivity index (χ2v) is 6.78. The van der Waals surface area contributed by atoms with E-state index < -0.39 is 0 Å². The van der Waals surface area contributed by atoms with Gasteiger partial charge >= 0.3 is 0 Å². The van der Waals surface area contributed by atoms with E-state index in [1.807, 2.05) is 73.7 Å². The highest BCUT2D eigenvalue weighted by molar-refractivity contribution is 6.14. The summed E-state index contributed by atoms with van der Waals surface area (Å²) in [6.07, 6.45) is 4.07. The molecule has 150 valence electrons. The van der Waals surface area contributed by atoms with Crippen molar-refractivity contribution in [1.29, 1.82) is 0 Å². The van der Waals surface area contributed by atoms with E-state index >= 15 is 0 Å². The predicted octanol–water partition coefficient (Wildman–Crippen LogP) is 6.19. The number of hydrogen-bond acceptors (Lipinski definition) is 4. The lowest BCUT2D eigenvalue weighted by Gasteiger charge is -2.06. The predicted molar refractivity (Wildman–Crippen MR) is 121 cm³/mol. The van der Waals surface area contributed by atoms with Gasteiger partial charge in [-0.15, -0.1) is 0 Å². The summed E-state index contributed by atoms with van der Waals surface area (Å²) in [5.74, 6) is 0.889. The average molecular weight is 397 g/mol. The van der Waals surface area contributed by atoms with E-state index in [2.05, 4.69) is 5.32 Å². The quantitative estimate of drug-likeness (QED) is 0.360. The molecule has 4 heteroatoms. The third kappa shape index (κ3) is 4.28. The van der Waals surface area contributed by atoms with Crippen molar-refractivity contribution in [3.05, 3.63) is 102 Å². The van der Waals surface area contributed by atoms with Gasteiger partial charge in [0.05, 0.1) is 12.3 Å². The maximum absolute atomic E-state index is 13.2. The van der Waals surface area contributed by atoms with Crippen LogP contribution >= 0.6 is 0 Å². The molecule has 0 spiro atoms. The Labute approximate surface area is 175 Å². The van der Waals surface area contributed by atoms with Crippen LogP contribution < -0.4 is 10.1 Å². The van der Waals surface area contributed by atoms with Gasteiger partial charge in [0.2, 0.25) is 5.78 Å². The number of ether oxygens (including phenoxy) is 1. The number of hydrogen-bond donors (Lipinski definition) is 1. The van der Waals surface area contributed by atoms with Crippen LogP contribution in [0.3, 0.4) is 0 Å². The molecule has 1 N–H and O–H groups in total. The minimum atomic E-state index is -0.163. The van der Waals surface area contributed by atoms with E-state index in [-0.39, 0.29) is 5.78 Å². The second-order valence-electron chi connectivity index (χ2n) is 6.78. The Morgan fingerprint density at radius 2 is 1.70 bits per heavy atom. The first-order valence-corrected chi connectivity index (χ1v) is 10.0. The third-order valence-electron chi connectivity index (χ3n) is 4.74. The van der Waals surface area contributed by atoms with Crippen molar-refractivity contribution < 1.29 is 13.9 Å². The molecular formula is C26H23NO3. The summed E-state index contributed by atoms with van der Waals surface area (Å²) in [5, 5.41) is 4.25. The van der Waals surface area contributed by atoms with Crippen LogP contribution in [0.25, 0.3) is 17.0 Å². The zero-order chi connectivity index (χ0) is 20.8. The third-order valence-corrected chi connectivity index (χ3v) is 4.74. The number of benzene rings is 3. The molecule has 0 aliphatic carbocycles. The van der Waals surface area contributed by atoms with E-state index in [0.29, 0.717) is 35.7 Å². The molecule has 0 atom stereocenters. The van der Waals surface area contributed by atoms with Gasteiger partial charge in [0.15, 0.2) is 5.76 Å². The van der Waals surface area contributed by atoms with Crippen LogP contribution in [-0.4, -0.2) is 18.9 Å². The Balaban J connectivity index is 1.59. The van der Waals surface area contributed by atoms with Crippen LogP contribution in [0.15, 0.2) is 89.4 Å². The fourth-order valence-electron chi connectivity index (χ4n) is 3.30. The standard InChI is InChI=1S/C26H23NO3/c1-2-29-21-16-14-20(15-17-21)25(28)26-24(22-12-6-7-13-23(22)30-26)27-18-8-11-19-9-4-3-5-10-19/h3-17,27H,2,18H2,1H3/b11-8+. The summed E-state index contributed by atoms with van der Waals surface area (Å²) in [7, 11) is 0. The second kappa shape index (κ2) is 9.14. The minimum Gasteiger partial charge on any atom is -0.494 e. The van der Waals surface area contributed by atoms with Crippen molar-refractivity contribution >= 4 is 28.5 Å².